The molecule has 3 saturated heterocycles. The minimum absolute atomic E-state index is 0.171. The number of carboxylic acids is 1. The Hall–Kier alpha value is -1.91. The third kappa shape index (κ3) is 9.04. The van der Waals surface area contributed by atoms with Crippen LogP contribution in [0.4, 0.5) is 0 Å². The van der Waals surface area contributed by atoms with Crippen LogP contribution in [0.3, 0.4) is 0 Å². The maximum absolute atomic E-state index is 12.8. The molecule has 14 nitrogen and oxygen atoms in total. The summed E-state index contributed by atoms with van der Waals surface area (Å²) in [6, 6.07) is 0. The topological polar surface area (TPSA) is 156 Å². The quantitative estimate of drug-likeness (QED) is 0.228. The molecular formula is C27H50N6O8. The molecule has 3 rings (SSSR count). The molecule has 0 bridgehead atoms. The molecule has 41 heavy (non-hydrogen) atoms. The van der Waals surface area contributed by atoms with Crippen molar-refractivity contribution < 1.29 is 38.8 Å². The molecule has 0 aromatic rings. The van der Waals surface area contributed by atoms with Gasteiger partial charge in [0, 0.05) is 58.9 Å². The predicted molar refractivity (Wildman–Crippen MR) is 150 cm³/mol. The van der Waals surface area contributed by atoms with Crippen molar-refractivity contribution in [2.75, 3.05) is 91.6 Å². The summed E-state index contributed by atoms with van der Waals surface area (Å²) in [6.07, 6.45) is -3.62. The van der Waals surface area contributed by atoms with E-state index < -0.39 is 41.8 Å². The van der Waals surface area contributed by atoms with Gasteiger partial charge in [0.1, 0.15) is 12.2 Å². The van der Waals surface area contributed by atoms with E-state index in [0.717, 1.165) is 72.0 Å². The Morgan fingerprint density at radius 3 is 1.71 bits per heavy atom. The zero-order valence-electron chi connectivity index (χ0n) is 25.3. The molecular weight excluding hydrogens is 536 g/mol. The number of aliphatic carboxylic acids is 1. The van der Waals surface area contributed by atoms with Gasteiger partial charge in [-0.25, -0.2) is 4.79 Å². The number of aliphatic hydroxyl groups excluding tert-OH is 1. The van der Waals surface area contributed by atoms with Crippen LogP contribution in [0.2, 0.25) is 0 Å². The Morgan fingerprint density at radius 1 is 0.780 bits per heavy atom. The lowest BCUT2D eigenvalue weighted by molar-refractivity contribution is -0.262. The fourth-order valence-corrected chi connectivity index (χ4v) is 5.48. The fourth-order valence-electron chi connectivity index (χ4n) is 5.48. The van der Waals surface area contributed by atoms with Crippen molar-refractivity contribution in [3.8, 4) is 0 Å². The van der Waals surface area contributed by atoms with Crippen molar-refractivity contribution in [2.45, 2.75) is 64.5 Å². The Balaban J connectivity index is 1.46. The summed E-state index contributed by atoms with van der Waals surface area (Å²) < 4.78 is 16.6. The van der Waals surface area contributed by atoms with E-state index >= 15 is 0 Å². The highest BCUT2D eigenvalue weighted by Crippen LogP contribution is 2.45. The second-order valence-corrected chi connectivity index (χ2v) is 11.3. The first-order valence-corrected chi connectivity index (χ1v) is 14.8. The largest absolute Gasteiger partial charge is 0.477 e. The predicted octanol–water partition coefficient (Wildman–Crippen LogP) is -1.81. The number of amides is 2. The van der Waals surface area contributed by atoms with Crippen molar-refractivity contribution in [1.29, 1.82) is 0 Å². The number of carboxylic acid groups (broad SMARTS) is 1. The molecule has 3 aliphatic heterocycles. The first kappa shape index (κ1) is 33.6. The standard InChI is InChI=1S/C27H50N6O8/c1-6-30-9-11-31(7-2)13-15-33(16-14-32(8-3)12-10-30)19-22(35)29-18-21(34)28-17-20-23(36)24-27(39-20,25(37)38)41-26(4,5)40-24/h20,23-24,36H,6-19H2,1-5H3,(H,28,34)(H,29,35)(H,37,38)/t20?,23-,24+,27-/m1/s1. The van der Waals surface area contributed by atoms with Crippen LogP contribution < -0.4 is 10.6 Å². The van der Waals surface area contributed by atoms with Crippen LogP contribution in [0.1, 0.15) is 34.6 Å². The minimum atomic E-state index is -2.15. The molecule has 0 saturated carbocycles. The van der Waals surface area contributed by atoms with Gasteiger partial charge in [-0.2, -0.15) is 0 Å². The van der Waals surface area contributed by atoms with E-state index in [9.17, 15) is 24.6 Å². The average molecular weight is 587 g/mol. The van der Waals surface area contributed by atoms with Crippen molar-refractivity contribution in [1.82, 2.24) is 30.2 Å². The summed E-state index contributed by atoms with van der Waals surface area (Å²) in [5.41, 5.74) is 0. The Labute approximate surface area is 243 Å². The molecule has 3 aliphatic rings. The molecule has 0 aliphatic carbocycles. The maximum Gasteiger partial charge on any atom is 0.367 e. The second kappa shape index (κ2) is 15.0. The number of aliphatic hydroxyl groups is 1. The molecule has 14 heteroatoms. The zero-order chi connectivity index (χ0) is 30.2. The van der Waals surface area contributed by atoms with E-state index in [1.165, 1.54) is 13.8 Å². The number of nitrogens with one attached hydrogen (secondary N) is 2. The van der Waals surface area contributed by atoms with Crippen LogP contribution in [0.25, 0.3) is 0 Å². The summed E-state index contributed by atoms with van der Waals surface area (Å²) in [5, 5.41) is 25.5. The van der Waals surface area contributed by atoms with Crippen LogP contribution in [0.15, 0.2) is 0 Å². The van der Waals surface area contributed by atoms with E-state index in [1.54, 1.807) is 0 Å². The molecule has 0 spiro atoms. The highest BCUT2D eigenvalue weighted by molar-refractivity contribution is 5.85. The molecule has 1 unspecified atom stereocenters. The smallest absolute Gasteiger partial charge is 0.367 e. The summed E-state index contributed by atoms with van der Waals surface area (Å²) >= 11 is 0. The number of fused-ring (bicyclic) bond motifs is 1. The van der Waals surface area contributed by atoms with Crippen LogP contribution in [-0.4, -0.2) is 169 Å². The molecule has 4 atom stereocenters. The molecule has 236 valence electrons. The van der Waals surface area contributed by atoms with Crippen molar-refractivity contribution in [3.63, 3.8) is 0 Å². The van der Waals surface area contributed by atoms with Crippen LogP contribution in [0, 0.1) is 0 Å². The summed E-state index contributed by atoms with van der Waals surface area (Å²) in [6.45, 7) is 19.5. The molecule has 0 radical (unpaired) electrons. The number of nitrogens with zero attached hydrogens (tertiary/aromatic N) is 4. The van der Waals surface area contributed by atoms with Gasteiger partial charge in [0.25, 0.3) is 0 Å². The Morgan fingerprint density at radius 2 is 1.27 bits per heavy atom. The normalized spacial score (nSPS) is 30.7. The second-order valence-electron chi connectivity index (χ2n) is 11.3. The molecule has 3 fully saturated rings. The summed E-state index contributed by atoms with van der Waals surface area (Å²) in [5.74, 6) is -5.55. The van der Waals surface area contributed by atoms with Gasteiger partial charge in [0.15, 0.2) is 11.9 Å². The number of carbonyl (C=O) groups excluding carboxylic acids is 2. The van der Waals surface area contributed by atoms with E-state index in [-0.39, 0.29) is 25.5 Å². The van der Waals surface area contributed by atoms with Crippen molar-refractivity contribution >= 4 is 17.8 Å². The average Bonchev–Trinajstić information content (AvgIpc) is 3.35. The summed E-state index contributed by atoms with van der Waals surface area (Å²) in [7, 11) is 0. The number of carbonyl (C=O) groups is 3. The molecule has 2 amide bonds. The monoisotopic (exact) mass is 586 g/mol. The van der Waals surface area contributed by atoms with Crippen LogP contribution in [-0.2, 0) is 28.6 Å². The van der Waals surface area contributed by atoms with Gasteiger partial charge in [-0.1, -0.05) is 20.8 Å². The molecule has 0 aromatic heterocycles. The SMILES string of the molecule is CCN1CCN(CC)CCN(CC(=O)NCC(=O)NCC2O[C@@]3(C(=O)O)OC(C)(C)O[C@H]3[C@@H]2O)CCN(CC)CC1. The van der Waals surface area contributed by atoms with Gasteiger partial charge in [0.2, 0.25) is 11.8 Å². The van der Waals surface area contributed by atoms with Crippen LogP contribution >= 0.6 is 0 Å². The van der Waals surface area contributed by atoms with Gasteiger partial charge in [-0.3, -0.25) is 14.5 Å². The van der Waals surface area contributed by atoms with Gasteiger partial charge in [-0.05, 0) is 33.5 Å². The van der Waals surface area contributed by atoms with E-state index in [4.69, 9.17) is 14.2 Å². The maximum atomic E-state index is 12.8. The zero-order valence-corrected chi connectivity index (χ0v) is 25.3. The number of rotatable bonds is 10. The number of hydrogen-bond donors (Lipinski definition) is 4. The molecule has 4 N–H and O–H groups in total. The van der Waals surface area contributed by atoms with Gasteiger partial charge >= 0.3 is 11.8 Å². The Bertz CT molecular complexity index is 874. The molecule has 3 heterocycles. The number of hydrogen-bond acceptors (Lipinski definition) is 11. The van der Waals surface area contributed by atoms with Gasteiger partial charge in [0.05, 0.1) is 13.1 Å². The lowest BCUT2D eigenvalue weighted by atomic mass is 10.1. The summed E-state index contributed by atoms with van der Waals surface area (Å²) in [4.78, 5) is 46.5. The van der Waals surface area contributed by atoms with Crippen molar-refractivity contribution in [2.24, 2.45) is 0 Å². The highest BCUT2D eigenvalue weighted by Gasteiger charge is 2.69. The van der Waals surface area contributed by atoms with Gasteiger partial charge in [-0.15, -0.1) is 0 Å². The number of ether oxygens (including phenoxy) is 3. The first-order chi connectivity index (χ1) is 19.4. The molecule has 0 aromatic carbocycles. The fraction of sp³-hybridized carbons (Fsp3) is 0.889. The minimum Gasteiger partial charge on any atom is -0.477 e. The third-order valence-electron chi connectivity index (χ3n) is 8.08. The number of likely N-dealkylation sites (N-methyl/N-ethyl adjacent to an activating group) is 3. The van der Waals surface area contributed by atoms with Gasteiger partial charge < -0.3 is 49.8 Å². The Kier molecular flexibility index (Phi) is 12.3. The highest BCUT2D eigenvalue weighted by atomic mass is 16.9. The first-order valence-electron chi connectivity index (χ1n) is 14.8. The lowest BCUT2D eigenvalue weighted by Crippen LogP contribution is -2.49. The van der Waals surface area contributed by atoms with E-state index in [0.29, 0.717) is 0 Å². The third-order valence-corrected chi connectivity index (χ3v) is 8.08. The van der Waals surface area contributed by atoms with E-state index in [2.05, 4.69) is 51.0 Å². The van der Waals surface area contributed by atoms with E-state index in [1.807, 2.05) is 0 Å². The van der Waals surface area contributed by atoms with Crippen molar-refractivity contribution in [3.05, 3.63) is 0 Å². The lowest BCUT2D eigenvalue weighted by Gasteiger charge is -2.33. The van der Waals surface area contributed by atoms with Crippen LogP contribution in [0.5, 0.6) is 0 Å².